The van der Waals surface area contributed by atoms with Crippen molar-refractivity contribution in [1.29, 1.82) is 0 Å². The Bertz CT molecular complexity index is 1440. The molecule has 0 aliphatic heterocycles. The molecule has 0 spiro atoms. The van der Waals surface area contributed by atoms with Crippen LogP contribution in [-0.2, 0) is 28.6 Å². The SMILES string of the molecule is CCCCC/C=C\C/C=C\CCCCCCCCCC(=O)OC(COC(=O)CCCCCCC/C=C\C/C=C\CCCCC)COC(=O)CCCCCCCCCCCCCCCCCCCCC/C=C\CCCCCCCCCC. The lowest BCUT2D eigenvalue weighted by molar-refractivity contribution is -0.167. The first-order valence-electron chi connectivity index (χ1n) is 35.8. The Kier molecular flexibility index (Phi) is 67.1. The average Bonchev–Trinajstić information content (AvgIpc) is 3.47. The zero-order chi connectivity index (χ0) is 58.5. The van der Waals surface area contributed by atoms with Gasteiger partial charge >= 0.3 is 17.9 Å². The van der Waals surface area contributed by atoms with Gasteiger partial charge in [-0.1, -0.05) is 313 Å². The van der Waals surface area contributed by atoms with E-state index >= 15 is 0 Å². The fraction of sp³-hybridized carbons (Fsp3) is 0.827. The smallest absolute Gasteiger partial charge is 0.306 e. The summed E-state index contributed by atoms with van der Waals surface area (Å²) in [5.74, 6) is -0.880. The second-order valence-corrected chi connectivity index (χ2v) is 24.1. The van der Waals surface area contributed by atoms with Crippen LogP contribution in [0.3, 0.4) is 0 Å². The maximum atomic E-state index is 12.9. The molecule has 0 amide bonds. The Hall–Kier alpha value is -2.89. The van der Waals surface area contributed by atoms with E-state index < -0.39 is 6.10 Å². The van der Waals surface area contributed by atoms with E-state index in [4.69, 9.17) is 14.2 Å². The van der Waals surface area contributed by atoms with Gasteiger partial charge in [-0.05, 0) is 109 Å². The number of carbonyl (C=O) groups is 3. The predicted octanol–water partition coefficient (Wildman–Crippen LogP) is 24.7. The number of hydrogen-bond acceptors (Lipinski definition) is 6. The van der Waals surface area contributed by atoms with E-state index in [0.717, 1.165) is 89.9 Å². The lowest BCUT2D eigenvalue weighted by atomic mass is 10.0. The van der Waals surface area contributed by atoms with Crippen molar-refractivity contribution in [2.24, 2.45) is 0 Å². The number of ether oxygens (including phenoxy) is 3. The van der Waals surface area contributed by atoms with Gasteiger partial charge in [-0.25, -0.2) is 0 Å². The maximum absolute atomic E-state index is 12.9. The van der Waals surface area contributed by atoms with Gasteiger partial charge in [0.25, 0.3) is 0 Å². The van der Waals surface area contributed by atoms with Crippen molar-refractivity contribution in [2.45, 2.75) is 386 Å². The third-order valence-corrected chi connectivity index (χ3v) is 16.0. The van der Waals surface area contributed by atoms with Crippen molar-refractivity contribution < 1.29 is 28.6 Å². The lowest BCUT2D eigenvalue weighted by Gasteiger charge is -2.18. The molecule has 81 heavy (non-hydrogen) atoms. The van der Waals surface area contributed by atoms with E-state index in [0.29, 0.717) is 19.3 Å². The van der Waals surface area contributed by atoms with Crippen LogP contribution in [0.5, 0.6) is 0 Å². The molecule has 0 saturated heterocycles. The van der Waals surface area contributed by atoms with E-state index in [1.54, 1.807) is 0 Å². The molecule has 6 nitrogen and oxygen atoms in total. The third-order valence-electron chi connectivity index (χ3n) is 16.0. The second-order valence-electron chi connectivity index (χ2n) is 24.1. The summed E-state index contributed by atoms with van der Waals surface area (Å²) in [4.78, 5) is 38.4. The molecule has 0 rings (SSSR count). The molecule has 0 bridgehead atoms. The van der Waals surface area contributed by atoms with Gasteiger partial charge in [-0.2, -0.15) is 0 Å². The molecular formula is C75H136O6. The fourth-order valence-electron chi connectivity index (χ4n) is 10.6. The topological polar surface area (TPSA) is 78.9 Å². The molecule has 0 aromatic carbocycles. The van der Waals surface area contributed by atoms with Crippen LogP contribution in [0, 0.1) is 0 Å². The van der Waals surface area contributed by atoms with E-state index in [1.807, 2.05) is 0 Å². The second kappa shape index (κ2) is 69.6. The van der Waals surface area contributed by atoms with Gasteiger partial charge in [0.2, 0.25) is 0 Å². The monoisotopic (exact) mass is 1130 g/mol. The standard InChI is InChI=1S/C75H136O6/c1-4-7-10-13-16-19-22-25-28-30-31-32-33-34-35-36-37-38-39-40-41-42-43-45-47-50-53-56-59-62-65-68-74(77)80-71-72(70-79-73(76)67-64-61-58-55-52-49-46-27-24-21-18-15-12-9-6-3)81-75(78)69-66-63-60-57-54-51-48-44-29-26-23-20-17-14-11-8-5-2/h17-18,20-21,26-27,29-31,46,72H,4-16,19,22-25,28,32-45,47-71H2,1-3H3/b20-17-,21-18-,29-26-,31-30-,46-27-. The summed E-state index contributed by atoms with van der Waals surface area (Å²) in [5.41, 5.74) is 0. The number of carbonyl (C=O) groups excluding carboxylic acids is 3. The summed E-state index contributed by atoms with van der Waals surface area (Å²) in [5, 5.41) is 0. The maximum Gasteiger partial charge on any atom is 0.306 e. The summed E-state index contributed by atoms with van der Waals surface area (Å²) >= 11 is 0. The van der Waals surface area contributed by atoms with E-state index in [-0.39, 0.29) is 31.1 Å². The Balaban J connectivity index is 4.19. The molecule has 0 N–H and O–H groups in total. The predicted molar refractivity (Wildman–Crippen MR) is 353 cm³/mol. The lowest BCUT2D eigenvalue weighted by Crippen LogP contribution is -2.30. The zero-order valence-corrected chi connectivity index (χ0v) is 54.3. The summed E-state index contributed by atoms with van der Waals surface area (Å²) in [6.07, 6.45) is 89.7. The van der Waals surface area contributed by atoms with E-state index in [9.17, 15) is 14.4 Å². The first-order chi connectivity index (χ1) is 40.0. The van der Waals surface area contributed by atoms with Crippen LogP contribution < -0.4 is 0 Å². The van der Waals surface area contributed by atoms with Crippen LogP contribution in [0.4, 0.5) is 0 Å². The van der Waals surface area contributed by atoms with Gasteiger partial charge in [0.1, 0.15) is 13.2 Å². The molecule has 0 radical (unpaired) electrons. The largest absolute Gasteiger partial charge is 0.462 e. The van der Waals surface area contributed by atoms with Crippen LogP contribution >= 0.6 is 0 Å². The molecule has 0 aliphatic carbocycles. The third kappa shape index (κ3) is 67.8. The fourth-order valence-corrected chi connectivity index (χ4v) is 10.6. The zero-order valence-electron chi connectivity index (χ0n) is 54.3. The molecule has 0 aromatic rings. The molecule has 6 heteroatoms. The molecule has 1 atom stereocenters. The van der Waals surface area contributed by atoms with Gasteiger partial charge in [0.15, 0.2) is 6.10 Å². The van der Waals surface area contributed by atoms with Crippen LogP contribution in [0.25, 0.3) is 0 Å². The first kappa shape index (κ1) is 78.1. The van der Waals surface area contributed by atoms with Crippen LogP contribution in [-0.4, -0.2) is 37.2 Å². The molecule has 472 valence electrons. The summed E-state index contributed by atoms with van der Waals surface area (Å²) < 4.78 is 17.0. The minimum absolute atomic E-state index is 0.0788. The summed E-state index contributed by atoms with van der Waals surface area (Å²) in [6, 6.07) is 0. The minimum atomic E-state index is -0.785. The van der Waals surface area contributed by atoms with Gasteiger partial charge < -0.3 is 14.2 Å². The van der Waals surface area contributed by atoms with Crippen molar-refractivity contribution in [3.8, 4) is 0 Å². The Morgan fingerprint density at radius 1 is 0.247 bits per heavy atom. The highest BCUT2D eigenvalue weighted by atomic mass is 16.6. The Labute approximate surface area is 504 Å². The van der Waals surface area contributed by atoms with Crippen molar-refractivity contribution in [2.75, 3.05) is 13.2 Å². The minimum Gasteiger partial charge on any atom is -0.462 e. The number of allylic oxidation sites excluding steroid dienone is 10. The molecular weight excluding hydrogens is 997 g/mol. The number of hydrogen-bond donors (Lipinski definition) is 0. The van der Waals surface area contributed by atoms with Crippen molar-refractivity contribution in [3.63, 3.8) is 0 Å². The van der Waals surface area contributed by atoms with E-state index in [1.165, 1.54) is 250 Å². The molecule has 0 fully saturated rings. The molecule has 1 unspecified atom stereocenters. The molecule has 0 saturated carbocycles. The highest BCUT2D eigenvalue weighted by Gasteiger charge is 2.19. The van der Waals surface area contributed by atoms with Crippen LogP contribution in [0.15, 0.2) is 60.8 Å². The quantitative estimate of drug-likeness (QED) is 0.0261. The van der Waals surface area contributed by atoms with Gasteiger partial charge in [0.05, 0.1) is 0 Å². The van der Waals surface area contributed by atoms with Gasteiger partial charge in [-0.15, -0.1) is 0 Å². The van der Waals surface area contributed by atoms with Crippen molar-refractivity contribution >= 4 is 17.9 Å². The highest BCUT2D eigenvalue weighted by molar-refractivity contribution is 5.71. The molecule has 0 aromatic heterocycles. The number of rotatable bonds is 66. The molecule has 0 heterocycles. The van der Waals surface area contributed by atoms with Crippen molar-refractivity contribution in [3.05, 3.63) is 60.8 Å². The number of unbranched alkanes of at least 4 members (excludes halogenated alkanes) is 45. The first-order valence-corrected chi connectivity index (χ1v) is 35.8. The van der Waals surface area contributed by atoms with Crippen LogP contribution in [0.1, 0.15) is 380 Å². The average molecular weight is 1130 g/mol. The normalized spacial score (nSPS) is 12.4. The van der Waals surface area contributed by atoms with Gasteiger partial charge in [0, 0.05) is 19.3 Å². The molecule has 0 aliphatic rings. The van der Waals surface area contributed by atoms with Crippen molar-refractivity contribution in [1.82, 2.24) is 0 Å². The van der Waals surface area contributed by atoms with Crippen LogP contribution in [0.2, 0.25) is 0 Å². The highest BCUT2D eigenvalue weighted by Crippen LogP contribution is 2.18. The summed E-state index contributed by atoms with van der Waals surface area (Å²) in [7, 11) is 0. The summed E-state index contributed by atoms with van der Waals surface area (Å²) in [6.45, 7) is 6.62. The Morgan fingerprint density at radius 2 is 0.444 bits per heavy atom. The number of esters is 3. The van der Waals surface area contributed by atoms with Gasteiger partial charge in [-0.3, -0.25) is 14.4 Å². The van der Waals surface area contributed by atoms with E-state index in [2.05, 4.69) is 81.5 Å². The Morgan fingerprint density at radius 3 is 0.716 bits per heavy atom.